The van der Waals surface area contributed by atoms with Crippen molar-refractivity contribution in [1.29, 1.82) is 0 Å². The predicted molar refractivity (Wildman–Crippen MR) is 114 cm³/mol. The largest absolute Gasteiger partial charge is 0.480 e. The van der Waals surface area contributed by atoms with E-state index in [-0.39, 0.29) is 25.3 Å². The van der Waals surface area contributed by atoms with E-state index in [4.69, 9.17) is 15.9 Å². The molecule has 0 unspecified atom stereocenters. The average molecular weight is 447 g/mol. The fraction of sp³-hybridized carbons (Fsp3) is 0.800. The molecule has 0 saturated carbocycles. The van der Waals surface area contributed by atoms with Crippen LogP contribution >= 0.6 is 0 Å². The van der Waals surface area contributed by atoms with Gasteiger partial charge in [-0.2, -0.15) is 0 Å². The number of aliphatic carboxylic acids is 1. The van der Waals surface area contributed by atoms with Crippen LogP contribution in [0.4, 0.5) is 0 Å². The summed E-state index contributed by atoms with van der Waals surface area (Å²) in [6.45, 7) is 2.62. The maximum Gasteiger partial charge on any atom is 0.328 e. The molecule has 0 heterocycles. The molecule has 0 aliphatic rings. The number of rotatable bonds is 17. The highest BCUT2D eigenvalue weighted by molar-refractivity contribution is 5.93. The van der Waals surface area contributed by atoms with Crippen molar-refractivity contribution >= 4 is 23.7 Å². The van der Waals surface area contributed by atoms with Crippen LogP contribution in [0.15, 0.2) is 0 Å². The summed E-state index contributed by atoms with van der Waals surface area (Å²) in [5, 5.41) is 34.8. The van der Waals surface area contributed by atoms with Crippen LogP contribution in [0.25, 0.3) is 0 Å². The zero-order valence-electron chi connectivity index (χ0n) is 18.4. The number of aliphatic hydroxyl groups excluding tert-OH is 2. The molecular weight excluding hydrogens is 408 g/mol. The van der Waals surface area contributed by atoms with Crippen LogP contribution in [0.5, 0.6) is 0 Å². The number of nitrogens with two attached hydrogens (primary N) is 1. The standard InChI is InChI=1S/C20H38N4O7/c1-3-4-5-6-7-8-9-16(27)22-14(10-11-21)18(28)24-17(13(2)26)19(29)23-15(12-25)20(30)31/h13-15,17,25-26H,3-12,21H2,1-2H3,(H,22,27)(H,23,29)(H,24,28)(H,30,31)/t13-,14+,15-,17+/m1/s1. The lowest BCUT2D eigenvalue weighted by Crippen LogP contribution is -2.59. The number of carboxylic acid groups (broad SMARTS) is 1. The topological polar surface area (TPSA) is 191 Å². The number of carboxylic acids is 1. The molecule has 31 heavy (non-hydrogen) atoms. The van der Waals surface area contributed by atoms with Crippen LogP contribution in [0.3, 0.4) is 0 Å². The minimum Gasteiger partial charge on any atom is -0.480 e. The molecule has 180 valence electrons. The van der Waals surface area contributed by atoms with Gasteiger partial charge in [0.2, 0.25) is 17.7 Å². The van der Waals surface area contributed by atoms with Gasteiger partial charge in [0.15, 0.2) is 0 Å². The molecule has 0 fully saturated rings. The number of nitrogens with one attached hydrogen (secondary N) is 3. The monoisotopic (exact) mass is 446 g/mol. The summed E-state index contributed by atoms with van der Waals surface area (Å²) in [5.74, 6) is -3.48. The number of carbonyl (C=O) groups is 4. The van der Waals surface area contributed by atoms with Crippen molar-refractivity contribution in [2.75, 3.05) is 13.2 Å². The quantitative estimate of drug-likeness (QED) is 0.138. The van der Waals surface area contributed by atoms with Crippen LogP contribution in [-0.2, 0) is 19.2 Å². The summed E-state index contributed by atoms with van der Waals surface area (Å²) in [4.78, 5) is 48.0. The first kappa shape index (κ1) is 28.8. The SMILES string of the molecule is CCCCCCCCC(=O)N[C@@H](CCN)C(=O)N[C@H](C(=O)N[C@H](CO)C(=O)O)[C@@H](C)O. The summed E-state index contributed by atoms with van der Waals surface area (Å²) < 4.78 is 0. The first-order valence-electron chi connectivity index (χ1n) is 10.8. The number of aliphatic hydroxyl groups is 2. The Morgan fingerprint density at radius 3 is 2.03 bits per heavy atom. The number of unbranched alkanes of at least 4 members (excludes halogenated alkanes) is 5. The smallest absolute Gasteiger partial charge is 0.328 e. The molecule has 0 saturated heterocycles. The summed E-state index contributed by atoms with van der Waals surface area (Å²) in [7, 11) is 0. The van der Waals surface area contributed by atoms with Crippen LogP contribution in [0, 0.1) is 0 Å². The van der Waals surface area contributed by atoms with Crippen molar-refractivity contribution in [2.45, 2.75) is 89.4 Å². The van der Waals surface area contributed by atoms with Gasteiger partial charge in [0, 0.05) is 6.42 Å². The second kappa shape index (κ2) is 16.5. The fourth-order valence-corrected chi connectivity index (χ4v) is 2.87. The zero-order chi connectivity index (χ0) is 23.8. The average Bonchev–Trinajstić information content (AvgIpc) is 2.71. The molecule has 11 nitrogen and oxygen atoms in total. The van der Waals surface area contributed by atoms with Gasteiger partial charge < -0.3 is 37.0 Å². The van der Waals surface area contributed by atoms with Crippen molar-refractivity contribution in [3.63, 3.8) is 0 Å². The lowest BCUT2D eigenvalue weighted by molar-refractivity contribution is -0.144. The Morgan fingerprint density at radius 2 is 1.52 bits per heavy atom. The molecule has 8 N–H and O–H groups in total. The van der Waals surface area contributed by atoms with Crippen molar-refractivity contribution in [2.24, 2.45) is 5.73 Å². The Labute approximate surface area is 183 Å². The molecule has 0 rings (SSSR count). The van der Waals surface area contributed by atoms with E-state index in [9.17, 15) is 24.3 Å². The van der Waals surface area contributed by atoms with Gasteiger partial charge in [-0.3, -0.25) is 14.4 Å². The maximum atomic E-state index is 12.6. The molecule has 3 amide bonds. The van der Waals surface area contributed by atoms with Gasteiger partial charge >= 0.3 is 5.97 Å². The lowest BCUT2D eigenvalue weighted by atomic mass is 10.1. The number of hydrogen-bond donors (Lipinski definition) is 7. The highest BCUT2D eigenvalue weighted by Gasteiger charge is 2.31. The van der Waals surface area contributed by atoms with Crippen molar-refractivity contribution in [3.8, 4) is 0 Å². The molecule has 0 aromatic carbocycles. The van der Waals surface area contributed by atoms with Crippen molar-refractivity contribution in [1.82, 2.24) is 16.0 Å². The zero-order valence-corrected chi connectivity index (χ0v) is 18.4. The predicted octanol–water partition coefficient (Wildman–Crippen LogP) is -1.00. The molecular formula is C20H38N4O7. The van der Waals surface area contributed by atoms with E-state index in [1.54, 1.807) is 0 Å². The van der Waals surface area contributed by atoms with E-state index < -0.39 is 48.6 Å². The molecule has 0 bridgehead atoms. The third-order valence-corrected chi connectivity index (χ3v) is 4.72. The van der Waals surface area contributed by atoms with Gasteiger partial charge in [-0.05, 0) is 26.3 Å². The Bertz CT molecular complexity index is 572. The second-order valence-electron chi connectivity index (χ2n) is 7.52. The van der Waals surface area contributed by atoms with Crippen LogP contribution in [-0.4, -0.2) is 76.4 Å². The van der Waals surface area contributed by atoms with Gasteiger partial charge in [-0.1, -0.05) is 39.0 Å². The molecule has 11 heteroatoms. The van der Waals surface area contributed by atoms with E-state index in [0.29, 0.717) is 6.42 Å². The van der Waals surface area contributed by atoms with Gasteiger partial charge in [-0.25, -0.2) is 4.79 Å². The Hall–Kier alpha value is -2.24. The van der Waals surface area contributed by atoms with E-state index in [2.05, 4.69) is 17.6 Å². The minimum absolute atomic E-state index is 0.104. The molecule has 0 aliphatic carbocycles. The molecule has 4 atom stereocenters. The highest BCUT2D eigenvalue weighted by Crippen LogP contribution is 2.07. The van der Waals surface area contributed by atoms with Gasteiger partial charge in [0.05, 0.1) is 12.7 Å². The van der Waals surface area contributed by atoms with Crippen molar-refractivity contribution < 1.29 is 34.5 Å². The first-order chi connectivity index (χ1) is 14.7. The molecule has 0 aliphatic heterocycles. The summed E-state index contributed by atoms with van der Waals surface area (Å²) in [6.07, 6.45) is 5.11. The maximum absolute atomic E-state index is 12.6. The molecule has 0 radical (unpaired) electrons. The summed E-state index contributed by atoms with van der Waals surface area (Å²) >= 11 is 0. The Balaban J connectivity index is 4.84. The summed E-state index contributed by atoms with van der Waals surface area (Å²) in [5.41, 5.74) is 5.53. The Morgan fingerprint density at radius 1 is 0.903 bits per heavy atom. The normalized spacial score (nSPS) is 14.7. The van der Waals surface area contributed by atoms with Crippen molar-refractivity contribution in [3.05, 3.63) is 0 Å². The lowest BCUT2D eigenvalue weighted by Gasteiger charge is -2.25. The highest BCUT2D eigenvalue weighted by atomic mass is 16.4. The van der Waals surface area contributed by atoms with Gasteiger partial charge in [0.25, 0.3) is 0 Å². The van der Waals surface area contributed by atoms with Crippen LogP contribution in [0.1, 0.15) is 65.2 Å². The minimum atomic E-state index is -1.58. The van der Waals surface area contributed by atoms with Gasteiger partial charge in [-0.15, -0.1) is 0 Å². The number of hydrogen-bond acceptors (Lipinski definition) is 7. The van der Waals surface area contributed by atoms with E-state index in [1.165, 1.54) is 6.92 Å². The third-order valence-electron chi connectivity index (χ3n) is 4.72. The molecule has 0 aromatic rings. The van der Waals surface area contributed by atoms with E-state index >= 15 is 0 Å². The number of carbonyl (C=O) groups excluding carboxylic acids is 3. The van der Waals surface area contributed by atoms with E-state index in [0.717, 1.165) is 32.1 Å². The summed E-state index contributed by atoms with van der Waals surface area (Å²) in [6, 6.07) is -4.06. The molecule has 0 aromatic heterocycles. The first-order valence-corrected chi connectivity index (χ1v) is 10.8. The fourth-order valence-electron chi connectivity index (χ4n) is 2.87. The second-order valence-corrected chi connectivity index (χ2v) is 7.52. The van der Waals surface area contributed by atoms with Gasteiger partial charge in [0.1, 0.15) is 18.1 Å². The molecule has 0 spiro atoms. The third kappa shape index (κ3) is 12.3. The number of amides is 3. The van der Waals surface area contributed by atoms with E-state index in [1.807, 2.05) is 5.32 Å². The van der Waals surface area contributed by atoms with Crippen LogP contribution in [0.2, 0.25) is 0 Å². The Kier molecular flexibility index (Phi) is 15.3. The van der Waals surface area contributed by atoms with Crippen LogP contribution < -0.4 is 21.7 Å².